The third-order valence-corrected chi connectivity index (χ3v) is 9.21. The van der Waals surface area contributed by atoms with Crippen LogP contribution in [0, 0.1) is 26.0 Å². The van der Waals surface area contributed by atoms with Crippen molar-refractivity contribution < 1.29 is 24.2 Å². The first-order chi connectivity index (χ1) is 19.9. The number of hydrogen-bond donors (Lipinski definition) is 0. The zero-order chi connectivity index (χ0) is 30.5. The first-order valence-electron chi connectivity index (χ1n) is 15.0. The van der Waals surface area contributed by atoms with Gasteiger partial charge in [0.2, 0.25) is 0 Å². The Hall–Kier alpha value is -2.89. The molecule has 0 fully saturated rings. The van der Waals surface area contributed by atoms with Gasteiger partial charge in [0.15, 0.2) is 0 Å². The van der Waals surface area contributed by atoms with Crippen molar-refractivity contribution in [1.29, 1.82) is 0 Å². The van der Waals surface area contributed by atoms with E-state index in [1.165, 1.54) is 83.1 Å². The van der Waals surface area contributed by atoms with Crippen molar-refractivity contribution in [3.05, 3.63) is 154 Å². The van der Waals surface area contributed by atoms with Gasteiger partial charge in [-0.05, 0) is 35.4 Å². The molecule has 0 nitrogen and oxygen atoms in total. The van der Waals surface area contributed by atoms with Crippen LogP contribution in [0.2, 0.25) is 0 Å². The Balaban J connectivity index is 0.000000179. The van der Waals surface area contributed by atoms with Gasteiger partial charge in [0, 0.05) is 0 Å². The Morgan fingerprint density at radius 1 is 0.714 bits per heavy atom. The van der Waals surface area contributed by atoms with Crippen molar-refractivity contribution >= 4 is 3.21 Å². The number of fused-ring (bicyclic) bond motifs is 3. The summed E-state index contributed by atoms with van der Waals surface area (Å²) in [7, 11) is 0. The predicted molar refractivity (Wildman–Crippen MR) is 178 cm³/mol. The second kappa shape index (κ2) is 13.6. The van der Waals surface area contributed by atoms with Gasteiger partial charge in [0.1, 0.15) is 0 Å². The van der Waals surface area contributed by atoms with Crippen LogP contribution < -0.4 is 0 Å². The molecule has 0 bridgehead atoms. The van der Waals surface area contributed by atoms with Crippen LogP contribution in [0.4, 0.5) is 0 Å². The summed E-state index contributed by atoms with van der Waals surface area (Å²) < 4.78 is 1.42. The van der Waals surface area contributed by atoms with Gasteiger partial charge in [0.05, 0.1) is 0 Å². The molecule has 1 heteroatoms. The van der Waals surface area contributed by atoms with Crippen molar-refractivity contribution in [3.63, 3.8) is 0 Å². The summed E-state index contributed by atoms with van der Waals surface area (Å²) in [5.41, 5.74) is 14.3. The maximum atomic E-state index is 3.69. The van der Waals surface area contributed by atoms with Gasteiger partial charge in [-0.25, -0.2) is 12.2 Å². The molecule has 0 atom stereocenters. The van der Waals surface area contributed by atoms with Crippen LogP contribution in [0.1, 0.15) is 92.5 Å². The molecule has 0 spiro atoms. The third-order valence-electron chi connectivity index (χ3n) is 7.79. The molecule has 0 aromatic heterocycles. The van der Waals surface area contributed by atoms with Crippen LogP contribution in [-0.4, -0.2) is 3.21 Å². The molecule has 0 heterocycles. The second-order valence-corrected chi connectivity index (χ2v) is 14.5. The topological polar surface area (TPSA) is 0 Å². The first kappa shape index (κ1) is 32.0. The third kappa shape index (κ3) is 7.93. The number of hydrogen-bond acceptors (Lipinski definition) is 0. The van der Waals surface area contributed by atoms with Crippen molar-refractivity contribution in [2.24, 2.45) is 0 Å². The van der Waals surface area contributed by atoms with E-state index >= 15 is 0 Å². The summed E-state index contributed by atoms with van der Waals surface area (Å²) in [5.74, 6) is 0. The number of allylic oxidation sites excluding steroid dienone is 4. The predicted octanol–water partition coefficient (Wildman–Crippen LogP) is 10.4. The summed E-state index contributed by atoms with van der Waals surface area (Å²) >= 11 is 1.46. The van der Waals surface area contributed by atoms with E-state index < -0.39 is 0 Å². The van der Waals surface area contributed by atoms with Gasteiger partial charge in [-0.1, -0.05) is 71.6 Å². The average Bonchev–Trinajstić information content (AvgIpc) is 3.63. The van der Waals surface area contributed by atoms with E-state index in [-0.39, 0.29) is 10.8 Å². The average molecular weight is 628 g/mol. The Morgan fingerprint density at radius 2 is 1.26 bits per heavy atom. The summed E-state index contributed by atoms with van der Waals surface area (Å²) in [6.45, 7) is 18.2. The van der Waals surface area contributed by atoms with Gasteiger partial charge in [-0.15, -0.1) is 23.1 Å². The minimum atomic E-state index is 0.163. The quantitative estimate of drug-likeness (QED) is 0.171. The molecule has 4 aromatic rings. The molecule has 0 radical (unpaired) electrons. The van der Waals surface area contributed by atoms with Gasteiger partial charge in [-0.2, -0.15) is 23.8 Å². The molecular weight excluding hydrogens is 584 g/mol. The van der Waals surface area contributed by atoms with Gasteiger partial charge >= 0.3 is 99.2 Å². The van der Waals surface area contributed by atoms with Crippen molar-refractivity contribution in [2.75, 3.05) is 0 Å². The summed E-state index contributed by atoms with van der Waals surface area (Å²) in [6, 6.07) is 32.1. The fraction of sp³-hybridized carbons (Fsp3) is 0.293. The van der Waals surface area contributed by atoms with E-state index in [1.54, 1.807) is 0 Å². The molecular formula is C41H44Zr. The molecule has 4 aromatic carbocycles. The Morgan fingerprint density at radius 3 is 1.71 bits per heavy atom. The van der Waals surface area contributed by atoms with Crippen molar-refractivity contribution in [2.45, 2.75) is 79.1 Å². The number of rotatable bonds is 2. The first-order valence-corrected chi connectivity index (χ1v) is 16.2. The van der Waals surface area contributed by atoms with Gasteiger partial charge in [0.25, 0.3) is 0 Å². The van der Waals surface area contributed by atoms with Crippen LogP contribution in [-0.2, 0) is 41.5 Å². The van der Waals surface area contributed by atoms with E-state index in [0.29, 0.717) is 0 Å². The molecule has 0 saturated carbocycles. The molecule has 212 valence electrons. The molecule has 0 unspecified atom stereocenters. The maximum absolute atomic E-state index is 3.69. The van der Waals surface area contributed by atoms with E-state index in [1.807, 2.05) is 12.2 Å². The Kier molecular flexibility index (Phi) is 10.4. The summed E-state index contributed by atoms with van der Waals surface area (Å²) in [5, 5.41) is 0. The van der Waals surface area contributed by atoms with E-state index in [2.05, 4.69) is 152 Å². The van der Waals surface area contributed by atoms with Crippen molar-refractivity contribution in [1.82, 2.24) is 0 Å². The number of aryl methyl sites for hydroxylation is 2. The van der Waals surface area contributed by atoms with Crippen LogP contribution in [0.15, 0.2) is 97.1 Å². The molecule has 0 aliphatic heterocycles. The van der Waals surface area contributed by atoms with Crippen LogP contribution in [0.3, 0.4) is 0 Å². The van der Waals surface area contributed by atoms with Crippen LogP contribution in [0.25, 0.3) is 11.1 Å². The molecule has 6 rings (SSSR count). The fourth-order valence-electron chi connectivity index (χ4n) is 5.74. The summed E-state index contributed by atoms with van der Waals surface area (Å²) in [6.07, 6.45) is 11.0. The van der Waals surface area contributed by atoms with E-state index in [9.17, 15) is 0 Å². The van der Waals surface area contributed by atoms with Crippen LogP contribution >= 0.6 is 0 Å². The zero-order valence-corrected chi connectivity index (χ0v) is 29.1. The van der Waals surface area contributed by atoms with Gasteiger partial charge < -0.3 is 0 Å². The van der Waals surface area contributed by atoms with E-state index in [4.69, 9.17) is 0 Å². The Labute approximate surface area is 269 Å². The molecule has 2 aliphatic rings. The molecule has 42 heavy (non-hydrogen) atoms. The minimum absolute atomic E-state index is 0.163. The molecule has 0 amide bonds. The monoisotopic (exact) mass is 626 g/mol. The number of benzene rings is 4. The zero-order valence-electron chi connectivity index (χ0n) is 26.7. The van der Waals surface area contributed by atoms with Gasteiger partial charge in [-0.3, -0.25) is 6.08 Å². The van der Waals surface area contributed by atoms with Crippen LogP contribution in [0.5, 0.6) is 0 Å². The molecule has 0 N–H and O–H groups in total. The summed E-state index contributed by atoms with van der Waals surface area (Å²) in [4.78, 5) is 0. The normalized spacial score (nSPS) is 13.0. The molecule has 0 saturated heterocycles. The SMILES string of the molecule is Cc1[c-]c2c(cc1C(C)(C)C)-c1cc(C(C)(C)C)c(C)cc1C2.[C-]1=CC=CC1.[Zr+2]=[C](c1ccccc1)c1ccccc1. The van der Waals surface area contributed by atoms with E-state index in [0.717, 1.165) is 12.8 Å². The van der Waals surface area contributed by atoms with Crippen molar-refractivity contribution in [3.8, 4) is 11.1 Å². The standard InChI is InChI=1S/C23H29.C13H10.C5H5.Zr/c1-14-9-16-11-17-10-15(2)21(23(6,7)8)13-19(17)18(16)12-20(14)22(3,4)5;1-3-7-12(8-4-1)11-13-9-5-2-6-10-13;1-2-4-5-3-1;/h9,12-13H,11H2,1-8H3;1-10H;1-3H,4H2;/q-1;;-1;+2. The molecule has 2 aliphatic carbocycles. The second-order valence-electron chi connectivity index (χ2n) is 13.3. The Bertz CT molecular complexity index is 1470. The fourth-order valence-corrected chi connectivity index (χ4v) is 6.56.